The van der Waals surface area contributed by atoms with Crippen molar-refractivity contribution in [2.45, 2.75) is 6.04 Å². The van der Waals surface area contributed by atoms with E-state index < -0.39 is 0 Å². The summed E-state index contributed by atoms with van der Waals surface area (Å²) in [5, 5.41) is 7.45. The quantitative estimate of drug-likeness (QED) is 0.836. The lowest BCUT2D eigenvalue weighted by molar-refractivity contribution is 0.190. The number of piperazine rings is 1. The van der Waals surface area contributed by atoms with Crippen molar-refractivity contribution in [3.8, 4) is 17.2 Å². The smallest absolute Gasteiger partial charge is 0.250 e. The molecule has 1 N–H and O–H groups in total. The summed E-state index contributed by atoms with van der Waals surface area (Å²) in [5.74, 6) is 2.87. The van der Waals surface area contributed by atoms with E-state index in [9.17, 15) is 0 Å². The van der Waals surface area contributed by atoms with Crippen LogP contribution in [0.3, 0.4) is 0 Å². The fourth-order valence-electron chi connectivity index (χ4n) is 2.91. The van der Waals surface area contributed by atoms with Crippen molar-refractivity contribution < 1.29 is 18.7 Å². The van der Waals surface area contributed by atoms with Gasteiger partial charge < -0.3 is 24.1 Å². The van der Waals surface area contributed by atoms with Gasteiger partial charge in [-0.25, -0.2) is 0 Å². The number of aromatic nitrogens is 2. The van der Waals surface area contributed by atoms with Crippen LogP contribution in [0.4, 0.5) is 0 Å². The maximum Gasteiger partial charge on any atom is 0.250 e. The number of benzene rings is 1. The number of hydrogen-bond acceptors (Lipinski definition) is 8. The van der Waals surface area contributed by atoms with E-state index in [1.165, 1.54) is 0 Å². The molecule has 1 saturated heterocycles. The van der Waals surface area contributed by atoms with Crippen LogP contribution in [-0.2, 0) is 0 Å². The molecule has 2 aromatic rings. The zero-order valence-electron chi connectivity index (χ0n) is 15.5. The van der Waals surface area contributed by atoms with Crippen LogP contribution in [0.5, 0.6) is 17.2 Å². The van der Waals surface area contributed by atoms with Crippen LogP contribution in [0.25, 0.3) is 12.2 Å². The number of rotatable bonds is 6. The van der Waals surface area contributed by atoms with Gasteiger partial charge in [0.2, 0.25) is 5.75 Å². The highest BCUT2D eigenvalue weighted by Crippen LogP contribution is 2.38. The second-order valence-electron chi connectivity index (χ2n) is 5.98. The maximum atomic E-state index is 5.36. The summed E-state index contributed by atoms with van der Waals surface area (Å²) in [7, 11) is 6.81. The second-order valence-corrected chi connectivity index (χ2v) is 5.98. The van der Waals surface area contributed by atoms with Crippen LogP contribution in [-0.4, -0.2) is 63.1 Å². The summed E-state index contributed by atoms with van der Waals surface area (Å²) >= 11 is 0. The highest BCUT2D eigenvalue weighted by atomic mass is 16.5. The van der Waals surface area contributed by atoms with Crippen molar-refractivity contribution in [2.75, 3.05) is 48.0 Å². The van der Waals surface area contributed by atoms with Crippen LogP contribution < -0.4 is 19.5 Å². The molecule has 26 heavy (non-hydrogen) atoms. The molecule has 3 rings (SSSR count). The lowest BCUT2D eigenvalue weighted by Gasteiger charge is -2.30. The lowest BCUT2D eigenvalue weighted by Crippen LogP contribution is -2.44. The number of hydrogen-bond donors (Lipinski definition) is 1. The molecule has 0 radical (unpaired) electrons. The molecule has 1 aliphatic rings. The second kappa shape index (κ2) is 8.20. The fraction of sp³-hybridized carbons (Fsp3) is 0.444. The minimum absolute atomic E-state index is 0.121. The van der Waals surface area contributed by atoms with E-state index in [4.69, 9.17) is 18.7 Å². The maximum absolute atomic E-state index is 5.36. The van der Waals surface area contributed by atoms with Crippen LogP contribution in [0, 0.1) is 0 Å². The van der Waals surface area contributed by atoms with Gasteiger partial charge in [-0.05, 0) is 30.8 Å². The first-order valence-electron chi connectivity index (χ1n) is 8.39. The molecule has 2 heterocycles. The third-order valence-corrected chi connectivity index (χ3v) is 4.37. The number of likely N-dealkylation sites (N-methyl/N-ethyl adjacent to an activating group) is 1. The molecule has 1 aromatic heterocycles. The molecular weight excluding hydrogens is 336 g/mol. The highest BCUT2D eigenvalue weighted by Gasteiger charge is 2.24. The van der Waals surface area contributed by atoms with Crippen molar-refractivity contribution in [1.29, 1.82) is 0 Å². The summed E-state index contributed by atoms with van der Waals surface area (Å²) < 4.78 is 21.4. The lowest BCUT2D eigenvalue weighted by atomic mass is 10.1. The first kappa shape index (κ1) is 18.2. The van der Waals surface area contributed by atoms with E-state index in [1.807, 2.05) is 18.2 Å². The van der Waals surface area contributed by atoms with Gasteiger partial charge in [0.05, 0.1) is 27.4 Å². The van der Waals surface area contributed by atoms with E-state index in [0.717, 1.165) is 25.2 Å². The molecule has 140 valence electrons. The van der Waals surface area contributed by atoms with Crippen LogP contribution in [0.1, 0.15) is 23.3 Å². The van der Waals surface area contributed by atoms with Crippen molar-refractivity contribution in [1.82, 2.24) is 20.4 Å². The summed E-state index contributed by atoms with van der Waals surface area (Å²) in [4.78, 5) is 6.70. The Morgan fingerprint density at radius 3 is 2.50 bits per heavy atom. The Bertz CT molecular complexity index is 749. The molecule has 0 aliphatic carbocycles. The molecule has 0 spiro atoms. The average Bonchev–Trinajstić information content (AvgIpc) is 3.14. The summed E-state index contributed by atoms with van der Waals surface area (Å²) in [6.07, 6.45) is 3.64. The molecule has 1 fully saturated rings. The number of methoxy groups -OCH3 is 3. The minimum atomic E-state index is 0.121. The van der Waals surface area contributed by atoms with Gasteiger partial charge in [0.25, 0.3) is 5.89 Å². The zero-order chi connectivity index (χ0) is 18.5. The van der Waals surface area contributed by atoms with E-state index in [0.29, 0.717) is 29.0 Å². The van der Waals surface area contributed by atoms with Gasteiger partial charge in [0.1, 0.15) is 0 Å². The Morgan fingerprint density at radius 2 is 1.88 bits per heavy atom. The van der Waals surface area contributed by atoms with E-state index in [2.05, 4.69) is 27.4 Å². The summed E-state index contributed by atoms with van der Waals surface area (Å²) in [6.45, 7) is 2.74. The Hall–Kier alpha value is -2.58. The van der Waals surface area contributed by atoms with E-state index in [1.54, 1.807) is 27.4 Å². The predicted octanol–water partition coefficient (Wildman–Crippen LogP) is 1.84. The molecule has 0 saturated carbocycles. The molecule has 0 bridgehead atoms. The van der Waals surface area contributed by atoms with Gasteiger partial charge in [-0.1, -0.05) is 5.16 Å². The van der Waals surface area contributed by atoms with Crippen molar-refractivity contribution >= 4 is 12.2 Å². The average molecular weight is 360 g/mol. The SMILES string of the molecule is COc1cc(/C=C/c2nc(C3CNCCN3C)no2)cc(OC)c1OC. The number of nitrogens with one attached hydrogen (secondary N) is 1. The zero-order valence-corrected chi connectivity index (χ0v) is 15.5. The topological polar surface area (TPSA) is 81.9 Å². The molecule has 8 nitrogen and oxygen atoms in total. The van der Waals surface area contributed by atoms with Crippen molar-refractivity contribution in [2.24, 2.45) is 0 Å². The van der Waals surface area contributed by atoms with Crippen LogP contribution in [0.2, 0.25) is 0 Å². The normalized spacial score (nSPS) is 18.2. The van der Waals surface area contributed by atoms with Crippen LogP contribution in [0.15, 0.2) is 16.7 Å². The molecule has 1 aromatic carbocycles. The third-order valence-electron chi connectivity index (χ3n) is 4.37. The van der Waals surface area contributed by atoms with Crippen LogP contribution >= 0.6 is 0 Å². The largest absolute Gasteiger partial charge is 0.493 e. The number of ether oxygens (including phenoxy) is 3. The molecule has 1 atom stereocenters. The van der Waals surface area contributed by atoms with Gasteiger partial charge in [0, 0.05) is 25.7 Å². The molecule has 1 unspecified atom stereocenters. The fourth-order valence-corrected chi connectivity index (χ4v) is 2.91. The first-order chi connectivity index (χ1) is 12.7. The molecule has 1 aliphatic heterocycles. The Morgan fingerprint density at radius 1 is 1.15 bits per heavy atom. The van der Waals surface area contributed by atoms with Crippen molar-refractivity contribution in [3.05, 3.63) is 29.4 Å². The monoisotopic (exact) mass is 360 g/mol. The molecule has 8 heteroatoms. The van der Waals surface area contributed by atoms with Crippen molar-refractivity contribution in [3.63, 3.8) is 0 Å². The van der Waals surface area contributed by atoms with Gasteiger partial charge >= 0.3 is 0 Å². The standard InChI is InChI=1S/C18H24N4O4/c1-22-8-7-19-11-13(22)18-20-16(26-21-18)6-5-12-9-14(23-2)17(25-4)15(10-12)24-3/h5-6,9-10,13,19H,7-8,11H2,1-4H3/b6-5+. The molecular formula is C18H24N4O4. The van der Waals surface area contributed by atoms with Gasteiger partial charge in [-0.2, -0.15) is 4.98 Å². The van der Waals surface area contributed by atoms with Gasteiger partial charge in [-0.15, -0.1) is 0 Å². The first-order valence-corrected chi connectivity index (χ1v) is 8.39. The summed E-state index contributed by atoms with van der Waals surface area (Å²) in [6, 6.07) is 3.83. The van der Waals surface area contributed by atoms with E-state index in [-0.39, 0.29) is 6.04 Å². The molecule has 0 amide bonds. The van der Waals surface area contributed by atoms with Gasteiger partial charge in [0.15, 0.2) is 17.3 Å². The Balaban J connectivity index is 1.80. The number of nitrogens with zero attached hydrogens (tertiary/aromatic N) is 3. The summed E-state index contributed by atoms with van der Waals surface area (Å²) in [5.41, 5.74) is 0.871. The minimum Gasteiger partial charge on any atom is -0.493 e. The van der Waals surface area contributed by atoms with Gasteiger partial charge in [-0.3, -0.25) is 4.90 Å². The Kier molecular flexibility index (Phi) is 5.75. The predicted molar refractivity (Wildman–Crippen MR) is 97.6 cm³/mol. The third kappa shape index (κ3) is 3.81. The van der Waals surface area contributed by atoms with E-state index >= 15 is 0 Å². The highest BCUT2D eigenvalue weighted by molar-refractivity contribution is 5.70. The Labute approximate surface area is 152 Å².